The van der Waals surface area contributed by atoms with Crippen molar-refractivity contribution in [2.45, 2.75) is 20.3 Å². The van der Waals surface area contributed by atoms with Gasteiger partial charge in [0.15, 0.2) is 0 Å². The van der Waals surface area contributed by atoms with Crippen LogP contribution in [0.1, 0.15) is 20.3 Å². The van der Waals surface area contributed by atoms with Gasteiger partial charge < -0.3 is 4.52 Å². The highest BCUT2D eigenvalue weighted by Gasteiger charge is 2.41. The van der Waals surface area contributed by atoms with Crippen molar-refractivity contribution in [2.24, 2.45) is 11.3 Å². The zero-order valence-electron chi connectivity index (χ0n) is 8.54. The van der Waals surface area contributed by atoms with E-state index >= 15 is 0 Å². The summed E-state index contributed by atoms with van der Waals surface area (Å²) < 4.78 is 17.0. The number of hydrogen-bond donors (Lipinski definition) is 0. The molecule has 0 spiro atoms. The summed E-state index contributed by atoms with van der Waals surface area (Å²) in [6.07, 6.45) is 7.55. The van der Waals surface area contributed by atoms with E-state index in [1.54, 1.807) is 0 Å². The fraction of sp³-hybridized carbons (Fsp3) is 0.800. The molecule has 1 heterocycles. The fourth-order valence-electron chi connectivity index (χ4n) is 1.69. The van der Waals surface area contributed by atoms with Gasteiger partial charge in [-0.15, -0.1) is 12.3 Å². The van der Waals surface area contributed by atoms with E-state index < -0.39 is 7.37 Å². The molecule has 0 amide bonds. The predicted octanol–water partition coefficient (Wildman–Crippen LogP) is 2.59. The number of rotatable bonds is 1. The minimum Gasteiger partial charge on any atom is -0.332 e. The maximum atomic E-state index is 11.9. The lowest BCUT2D eigenvalue weighted by atomic mass is 9.78. The zero-order chi connectivity index (χ0) is 10.1. The molecule has 1 aliphatic heterocycles. The highest BCUT2D eigenvalue weighted by atomic mass is 31.2. The van der Waals surface area contributed by atoms with Crippen molar-refractivity contribution in [1.82, 2.24) is 0 Å². The zero-order valence-corrected chi connectivity index (χ0v) is 9.43. The summed E-state index contributed by atoms with van der Waals surface area (Å²) in [6.45, 7) is 4.27. The summed E-state index contributed by atoms with van der Waals surface area (Å²) in [5.74, 6) is 2.82. The SMILES string of the molecule is C#CC1CP(=O)(OC)CCC1(C)C. The van der Waals surface area contributed by atoms with Gasteiger partial charge in [0.05, 0.1) is 0 Å². The molecule has 1 saturated heterocycles. The summed E-state index contributed by atoms with van der Waals surface area (Å²) in [5, 5.41) is 0. The van der Waals surface area contributed by atoms with E-state index in [-0.39, 0.29) is 11.3 Å². The van der Waals surface area contributed by atoms with Crippen LogP contribution < -0.4 is 0 Å². The minimum atomic E-state index is -2.39. The average molecular weight is 200 g/mol. The van der Waals surface area contributed by atoms with Crippen molar-refractivity contribution in [2.75, 3.05) is 19.4 Å². The maximum absolute atomic E-state index is 11.9. The minimum absolute atomic E-state index is 0.0898. The van der Waals surface area contributed by atoms with Crippen LogP contribution in [0.4, 0.5) is 0 Å². The Kier molecular flexibility index (Phi) is 2.90. The molecule has 74 valence electrons. The van der Waals surface area contributed by atoms with Gasteiger partial charge in [0.25, 0.3) is 0 Å². The molecular weight excluding hydrogens is 183 g/mol. The van der Waals surface area contributed by atoms with Crippen LogP contribution in [0, 0.1) is 23.7 Å². The normalized spacial score (nSPS) is 38.2. The Bertz CT molecular complexity index is 275. The Balaban J connectivity index is 2.82. The van der Waals surface area contributed by atoms with Gasteiger partial charge in [-0.05, 0) is 11.8 Å². The summed E-state index contributed by atoms with van der Waals surface area (Å²) >= 11 is 0. The first-order chi connectivity index (χ1) is 5.93. The molecule has 0 radical (unpaired) electrons. The highest BCUT2D eigenvalue weighted by molar-refractivity contribution is 7.59. The van der Waals surface area contributed by atoms with E-state index in [1.807, 2.05) is 0 Å². The summed E-state index contributed by atoms with van der Waals surface area (Å²) in [6, 6.07) is 0. The monoisotopic (exact) mass is 200 g/mol. The van der Waals surface area contributed by atoms with E-state index in [4.69, 9.17) is 10.9 Å². The average Bonchev–Trinajstić information content (AvgIpc) is 2.10. The van der Waals surface area contributed by atoms with E-state index in [0.717, 1.165) is 6.42 Å². The van der Waals surface area contributed by atoms with Crippen LogP contribution >= 0.6 is 7.37 Å². The van der Waals surface area contributed by atoms with Crippen molar-refractivity contribution < 1.29 is 9.09 Å². The molecule has 0 aromatic carbocycles. The lowest BCUT2D eigenvalue weighted by Crippen LogP contribution is -2.32. The maximum Gasteiger partial charge on any atom is 0.204 e. The molecule has 2 unspecified atom stereocenters. The van der Waals surface area contributed by atoms with E-state index in [2.05, 4.69) is 19.8 Å². The molecule has 0 bridgehead atoms. The molecule has 13 heavy (non-hydrogen) atoms. The van der Waals surface area contributed by atoms with Crippen LogP contribution in [0.3, 0.4) is 0 Å². The van der Waals surface area contributed by atoms with Crippen LogP contribution in [0.15, 0.2) is 0 Å². The largest absolute Gasteiger partial charge is 0.332 e. The second kappa shape index (κ2) is 3.48. The predicted molar refractivity (Wildman–Crippen MR) is 55.1 cm³/mol. The fourth-order valence-corrected chi connectivity index (χ4v) is 4.28. The molecule has 0 N–H and O–H groups in total. The first-order valence-electron chi connectivity index (χ1n) is 4.53. The summed E-state index contributed by atoms with van der Waals surface area (Å²) in [4.78, 5) is 0. The van der Waals surface area contributed by atoms with Crippen molar-refractivity contribution in [3.8, 4) is 12.3 Å². The summed E-state index contributed by atoms with van der Waals surface area (Å²) in [5.41, 5.74) is 0.112. The van der Waals surface area contributed by atoms with Crippen molar-refractivity contribution >= 4 is 7.37 Å². The molecule has 0 aromatic rings. The van der Waals surface area contributed by atoms with Gasteiger partial charge in [-0.1, -0.05) is 13.8 Å². The molecule has 0 aromatic heterocycles. The van der Waals surface area contributed by atoms with Crippen LogP contribution in [-0.4, -0.2) is 19.4 Å². The first-order valence-corrected chi connectivity index (χ1v) is 6.53. The van der Waals surface area contributed by atoms with Gasteiger partial charge >= 0.3 is 0 Å². The second-order valence-electron chi connectivity index (χ2n) is 4.36. The van der Waals surface area contributed by atoms with Crippen molar-refractivity contribution in [1.29, 1.82) is 0 Å². The second-order valence-corrected chi connectivity index (χ2v) is 7.17. The quantitative estimate of drug-likeness (QED) is 0.480. The Morgan fingerprint density at radius 3 is 2.69 bits per heavy atom. The third-order valence-electron chi connectivity index (χ3n) is 3.03. The van der Waals surface area contributed by atoms with Crippen LogP contribution in [0.5, 0.6) is 0 Å². The molecule has 1 rings (SSSR count). The molecule has 1 fully saturated rings. The van der Waals surface area contributed by atoms with Crippen LogP contribution in [0.25, 0.3) is 0 Å². The van der Waals surface area contributed by atoms with Gasteiger partial charge in [-0.25, -0.2) is 0 Å². The van der Waals surface area contributed by atoms with Gasteiger partial charge in [0.1, 0.15) is 0 Å². The van der Waals surface area contributed by atoms with Crippen molar-refractivity contribution in [3.05, 3.63) is 0 Å². The Hall–Kier alpha value is -0.250. The molecule has 1 aliphatic rings. The van der Waals surface area contributed by atoms with Crippen LogP contribution in [-0.2, 0) is 9.09 Å². The molecule has 0 saturated carbocycles. The molecule has 0 aliphatic carbocycles. The molecule has 2 nitrogen and oxygen atoms in total. The standard InChI is InChI=1S/C10H17O2P/c1-5-9-8-13(11,12-4)7-6-10(9,2)3/h1,9H,6-8H2,2-4H3. The lowest BCUT2D eigenvalue weighted by Gasteiger charge is -2.38. The molecular formula is C10H17O2P. The third kappa shape index (κ3) is 2.16. The Morgan fingerprint density at radius 2 is 2.23 bits per heavy atom. The van der Waals surface area contributed by atoms with Crippen molar-refractivity contribution in [3.63, 3.8) is 0 Å². The highest BCUT2D eigenvalue weighted by Crippen LogP contribution is 2.57. The van der Waals surface area contributed by atoms with Gasteiger partial charge in [-0.2, -0.15) is 0 Å². The number of hydrogen-bond acceptors (Lipinski definition) is 2. The summed E-state index contributed by atoms with van der Waals surface area (Å²) in [7, 11) is -0.869. The third-order valence-corrected chi connectivity index (χ3v) is 5.53. The Morgan fingerprint density at radius 1 is 1.62 bits per heavy atom. The van der Waals surface area contributed by atoms with Gasteiger partial charge in [-0.3, -0.25) is 4.57 Å². The topological polar surface area (TPSA) is 26.3 Å². The first kappa shape index (κ1) is 10.8. The van der Waals surface area contributed by atoms with Gasteiger partial charge in [0, 0.05) is 25.4 Å². The lowest BCUT2D eigenvalue weighted by molar-refractivity contribution is 0.246. The Labute approximate surface area is 80.5 Å². The van der Waals surface area contributed by atoms with E-state index in [1.165, 1.54) is 7.11 Å². The smallest absolute Gasteiger partial charge is 0.204 e. The molecule has 2 atom stereocenters. The van der Waals surface area contributed by atoms with Gasteiger partial charge in [0.2, 0.25) is 7.37 Å². The molecule has 3 heteroatoms. The van der Waals surface area contributed by atoms with E-state index in [9.17, 15) is 4.57 Å². The van der Waals surface area contributed by atoms with E-state index in [0.29, 0.717) is 12.3 Å². The number of terminal acetylenes is 1. The van der Waals surface area contributed by atoms with Crippen LogP contribution in [0.2, 0.25) is 0 Å².